The number of allylic oxidation sites excluding steroid dienone is 1. The maximum absolute atomic E-state index is 14.5. The molecule has 216 valence electrons. The standard InChI is InChI=1S/C35H37FN4O2/c36-35-30-24-28(15-18-31(30)38-39-35)34(33(26-10-6-11-26)25-8-2-1-3-9-25)27-13-16-29(17-14-27)42-23-20-37-19-7-12-32(41)40-21-4-5-22-40/h1-3,7-9,12-18,24,26,37H,4-6,10-11,19-23H2,(H,38,39)/b12-7+,34-33-. The SMILES string of the molecule is O=C(/C=C/CNCCOc1ccc(/C(=C(\c2ccccc2)C2CCC2)c2ccc3[nH]nc(F)c3c2)cc1)N1CCCC1. The third kappa shape index (κ3) is 6.31. The first-order valence-corrected chi connectivity index (χ1v) is 15.0. The summed E-state index contributed by atoms with van der Waals surface area (Å²) >= 11 is 0. The summed E-state index contributed by atoms with van der Waals surface area (Å²) in [5.74, 6) is 0.860. The highest BCUT2D eigenvalue weighted by molar-refractivity contribution is 6.01. The molecule has 1 aromatic heterocycles. The molecule has 2 aliphatic rings. The van der Waals surface area contributed by atoms with Gasteiger partial charge in [-0.15, -0.1) is 5.10 Å². The predicted octanol–water partition coefficient (Wildman–Crippen LogP) is 6.61. The molecule has 1 amide bonds. The lowest BCUT2D eigenvalue weighted by Crippen LogP contribution is -2.26. The minimum absolute atomic E-state index is 0.0987. The molecule has 3 aromatic carbocycles. The van der Waals surface area contributed by atoms with Crippen LogP contribution in [0.1, 0.15) is 48.8 Å². The lowest BCUT2D eigenvalue weighted by molar-refractivity contribution is -0.125. The summed E-state index contributed by atoms with van der Waals surface area (Å²) in [6.45, 7) is 3.55. The van der Waals surface area contributed by atoms with E-state index in [4.69, 9.17) is 4.74 Å². The van der Waals surface area contributed by atoms with Crippen molar-refractivity contribution < 1.29 is 13.9 Å². The maximum atomic E-state index is 14.5. The molecule has 1 saturated heterocycles. The number of hydrogen-bond donors (Lipinski definition) is 2. The summed E-state index contributed by atoms with van der Waals surface area (Å²) < 4.78 is 20.5. The number of halogens is 1. The van der Waals surface area contributed by atoms with Gasteiger partial charge in [0.2, 0.25) is 11.9 Å². The first-order chi connectivity index (χ1) is 20.7. The molecule has 6 rings (SSSR count). The fourth-order valence-corrected chi connectivity index (χ4v) is 5.86. The van der Waals surface area contributed by atoms with Crippen molar-refractivity contribution >= 4 is 28.0 Å². The number of carbonyl (C=O) groups is 1. The van der Waals surface area contributed by atoms with Crippen molar-refractivity contribution in [2.24, 2.45) is 5.92 Å². The highest BCUT2D eigenvalue weighted by Gasteiger charge is 2.27. The van der Waals surface area contributed by atoms with Crippen molar-refractivity contribution in [3.8, 4) is 5.75 Å². The Balaban J connectivity index is 1.18. The number of fused-ring (bicyclic) bond motifs is 1. The number of benzene rings is 3. The normalized spacial score (nSPS) is 16.2. The summed E-state index contributed by atoms with van der Waals surface area (Å²) in [7, 11) is 0. The second-order valence-corrected chi connectivity index (χ2v) is 11.1. The van der Waals surface area contributed by atoms with Crippen molar-refractivity contribution in [1.29, 1.82) is 0 Å². The van der Waals surface area contributed by atoms with Crippen LogP contribution < -0.4 is 10.1 Å². The average molecular weight is 565 g/mol. The largest absolute Gasteiger partial charge is 0.492 e. The minimum atomic E-state index is -0.484. The monoisotopic (exact) mass is 564 g/mol. The average Bonchev–Trinajstić information content (AvgIpc) is 3.67. The Morgan fingerprint density at radius 3 is 2.48 bits per heavy atom. The molecule has 0 unspecified atom stereocenters. The molecule has 2 heterocycles. The molecule has 0 radical (unpaired) electrons. The summed E-state index contributed by atoms with van der Waals surface area (Å²) in [4.78, 5) is 14.0. The number of aromatic amines is 1. The number of carbonyl (C=O) groups excluding carboxylic acids is 1. The number of ether oxygens (including phenoxy) is 1. The van der Waals surface area contributed by atoms with E-state index < -0.39 is 5.95 Å². The first kappa shape index (κ1) is 27.9. The number of rotatable bonds is 11. The van der Waals surface area contributed by atoms with Crippen LogP contribution in [-0.2, 0) is 4.79 Å². The highest BCUT2D eigenvalue weighted by Crippen LogP contribution is 2.45. The van der Waals surface area contributed by atoms with Crippen molar-refractivity contribution in [1.82, 2.24) is 20.4 Å². The fraction of sp³-hybridized carbons (Fsp3) is 0.314. The van der Waals surface area contributed by atoms with Gasteiger partial charge >= 0.3 is 0 Å². The maximum Gasteiger partial charge on any atom is 0.246 e. The summed E-state index contributed by atoms with van der Waals surface area (Å²) in [5, 5.41) is 10.3. The van der Waals surface area contributed by atoms with Crippen LogP contribution in [0.4, 0.5) is 4.39 Å². The van der Waals surface area contributed by atoms with Gasteiger partial charge in [-0.25, -0.2) is 0 Å². The van der Waals surface area contributed by atoms with E-state index in [1.807, 2.05) is 41.3 Å². The zero-order valence-electron chi connectivity index (χ0n) is 23.8. The van der Waals surface area contributed by atoms with Crippen molar-refractivity contribution in [2.45, 2.75) is 32.1 Å². The molecule has 42 heavy (non-hydrogen) atoms. The molecule has 6 nitrogen and oxygen atoms in total. The number of nitrogens with zero attached hydrogens (tertiary/aromatic N) is 2. The zero-order chi connectivity index (χ0) is 28.7. The van der Waals surface area contributed by atoms with Gasteiger partial charge in [0.15, 0.2) is 0 Å². The number of aromatic nitrogens is 2. The molecular weight excluding hydrogens is 527 g/mol. The number of likely N-dealkylation sites (tertiary alicyclic amines) is 1. The van der Waals surface area contributed by atoms with Gasteiger partial charge in [-0.1, -0.05) is 61.0 Å². The molecular formula is C35H37FN4O2. The van der Waals surface area contributed by atoms with Crippen LogP contribution in [-0.4, -0.2) is 53.8 Å². The first-order valence-electron chi connectivity index (χ1n) is 15.0. The molecule has 4 aromatic rings. The number of amides is 1. The fourth-order valence-electron chi connectivity index (χ4n) is 5.86. The van der Waals surface area contributed by atoms with Crippen LogP contribution in [0.15, 0.2) is 84.9 Å². The third-order valence-electron chi connectivity index (χ3n) is 8.30. The van der Waals surface area contributed by atoms with Crippen LogP contribution in [0, 0.1) is 11.9 Å². The summed E-state index contributed by atoms with van der Waals surface area (Å²) in [6, 6.07) is 24.6. The zero-order valence-corrected chi connectivity index (χ0v) is 23.8. The van der Waals surface area contributed by atoms with Gasteiger partial charge < -0.3 is 15.0 Å². The quantitative estimate of drug-likeness (QED) is 0.122. The van der Waals surface area contributed by atoms with E-state index in [9.17, 15) is 9.18 Å². The molecule has 0 bridgehead atoms. The van der Waals surface area contributed by atoms with Crippen LogP contribution in [0.25, 0.3) is 22.0 Å². The molecule has 1 aliphatic heterocycles. The van der Waals surface area contributed by atoms with Crippen LogP contribution in [0.5, 0.6) is 5.75 Å². The Bertz CT molecular complexity index is 1570. The van der Waals surface area contributed by atoms with Crippen molar-refractivity contribution in [2.75, 3.05) is 32.8 Å². The topological polar surface area (TPSA) is 70.2 Å². The molecule has 2 fully saturated rings. The van der Waals surface area contributed by atoms with Gasteiger partial charge in [-0.2, -0.15) is 4.39 Å². The highest BCUT2D eigenvalue weighted by atomic mass is 19.1. The van der Waals surface area contributed by atoms with Gasteiger partial charge in [0.25, 0.3) is 0 Å². The summed E-state index contributed by atoms with van der Waals surface area (Å²) in [5.41, 5.74) is 6.36. The molecule has 2 N–H and O–H groups in total. The molecule has 7 heteroatoms. The Labute approximate surface area is 246 Å². The van der Waals surface area contributed by atoms with Gasteiger partial charge in [0.1, 0.15) is 12.4 Å². The van der Waals surface area contributed by atoms with E-state index in [-0.39, 0.29) is 5.91 Å². The van der Waals surface area contributed by atoms with Crippen molar-refractivity contribution in [3.05, 3.63) is 108 Å². The molecule has 0 atom stereocenters. The van der Waals surface area contributed by atoms with Crippen LogP contribution in [0.2, 0.25) is 0 Å². The Morgan fingerprint density at radius 2 is 1.74 bits per heavy atom. The van der Waals surface area contributed by atoms with E-state index in [1.54, 1.807) is 6.08 Å². The van der Waals surface area contributed by atoms with Gasteiger partial charge in [-0.05, 0) is 83.7 Å². The second-order valence-electron chi connectivity index (χ2n) is 11.1. The summed E-state index contributed by atoms with van der Waals surface area (Å²) in [6.07, 6.45) is 9.25. The molecule has 1 aliphatic carbocycles. The second kappa shape index (κ2) is 13.2. The van der Waals surface area contributed by atoms with E-state index in [1.165, 1.54) is 17.6 Å². The minimum Gasteiger partial charge on any atom is -0.492 e. The molecule has 0 spiro atoms. The Kier molecular flexibility index (Phi) is 8.75. The van der Waals surface area contributed by atoms with E-state index >= 15 is 0 Å². The third-order valence-corrected chi connectivity index (χ3v) is 8.30. The number of hydrogen-bond acceptors (Lipinski definition) is 4. The van der Waals surface area contributed by atoms with Gasteiger partial charge in [0.05, 0.1) is 10.9 Å². The Hall–Kier alpha value is -4.23. The smallest absolute Gasteiger partial charge is 0.246 e. The lowest BCUT2D eigenvalue weighted by atomic mass is 9.73. The lowest BCUT2D eigenvalue weighted by Gasteiger charge is -2.31. The van der Waals surface area contributed by atoms with Gasteiger partial charge in [-0.3, -0.25) is 9.89 Å². The van der Waals surface area contributed by atoms with Crippen LogP contribution in [0.3, 0.4) is 0 Å². The Morgan fingerprint density at radius 1 is 0.976 bits per heavy atom. The van der Waals surface area contributed by atoms with Crippen molar-refractivity contribution in [3.63, 3.8) is 0 Å². The number of nitrogens with one attached hydrogen (secondary N) is 2. The molecule has 1 saturated carbocycles. The number of H-pyrrole nitrogens is 1. The van der Waals surface area contributed by atoms with Gasteiger partial charge in [0, 0.05) is 32.3 Å². The van der Waals surface area contributed by atoms with E-state index in [0.717, 1.165) is 61.2 Å². The predicted molar refractivity (Wildman–Crippen MR) is 166 cm³/mol. The van der Waals surface area contributed by atoms with E-state index in [2.05, 4.69) is 58.0 Å². The van der Waals surface area contributed by atoms with E-state index in [0.29, 0.717) is 36.5 Å². The van der Waals surface area contributed by atoms with Crippen LogP contribution >= 0.6 is 0 Å².